The molecule has 0 heterocycles. The normalized spacial score (nSPS) is 49.1. The minimum Gasteiger partial charge on any atom is -0.511 e. The third-order valence-corrected chi connectivity index (χ3v) is 13.9. The summed E-state index contributed by atoms with van der Waals surface area (Å²) >= 11 is 6.33. The van der Waals surface area contributed by atoms with Crippen molar-refractivity contribution in [1.82, 2.24) is 0 Å². The number of fused-ring (bicyclic) bond motifs is 7. The smallest absolute Gasteiger partial charge is 0.137 e. The molecule has 0 aromatic rings. The first-order valence-electron chi connectivity index (χ1n) is 14.6. The Morgan fingerprint density at radius 1 is 1.00 bits per heavy atom. The van der Waals surface area contributed by atoms with Crippen LogP contribution >= 0.6 is 11.6 Å². The zero-order chi connectivity index (χ0) is 27.4. The standard InChI is InChI=1S/C32H48ClNO3/c1-27(2)10-12-32(24(36)17-33)13-11-31(7)25(20(32)16-27)21(35)14-23-29(5)15-19(18-34)26(37)28(3,4)22(29)8-9-30(23,31)6/h20,22-25,36-37H,8-17H2,1-7H3/t20?,22-,23+,24?,25?,29?,30+,31+,32-/m0/s1. The van der Waals surface area contributed by atoms with Gasteiger partial charge in [-0.05, 0) is 90.8 Å². The van der Waals surface area contributed by atoms with Crippen molar-refractivity contribution < 1.29 is 15.0 Å². The van der Waals surface area contributed by atoms with Crippen molar-refractivity contribution in [3.8, 4) is 6.07 Å². The average Bonchev–Trinajstić information content (AvgIpc) is 2.82. The van der Waals surface area contributed by atoms with E-state index < -0.39 is 11.5 Å². The van der Waals surface area contributed by atoms with Gasteiger partial charge in [-0.1, -0.05) is 48.5 Å². The van der Waals surface area contributed by atoms with Gasteiger partial charge in [0.1, 0.15) is 11.5 Å². The highest BCUT2D eigenvalue weighted by molar-refractivity contribution is 6.18. The molecule has 4 fully saturated rings. The summed E-state index contributed by atoms with van der Waals surface area (Å²) < 4.78 is 0. The lowest BCUT2D eigenvalue weighted by molar-refractivity contribution is -0.240. The van der Waals surface area contributed by atoms with Crippen molar-refractivity contribution >= 4 is 17.4 Å². The Morgan fingerprint density at radius 2 is 1.65 bits per heavy atom. The minimum absolute atomic E-state index is 0.0416. The highest BCUT2D eigenvalue weighted by atomic mass is 35.5. The number of ketones is 1. The monoisotopic (exact) mass is 529 g/mol. The summed E-state index contributed by atoms with van der Waals surface area (Å²) in [6.45, 7) is 16.0. The molecule has 0 saturated heterocycles. The molecule has 9 atom stereocenters. The molecule has 4 saturated carbocycles. The van der Waals surface area contributed by atoms with Crippen molar-refractivity contribution in [1.29, 1.82) is 5.26 Å². The predicted octanol–water partition coefficient (Wildman–Crippen LogP) is 7.59. The van der Waals surface area contributed by atoms with Gasteiger partial charge >= 0.3 is 0 Å². The molecule has 5 aliphatic rings. The maximum absolute atomic E-state index is 14.5. The highest BCUT2D eigenvalue weighted by Crippen LogP contribution is 2.76. The van der Waals surface area contributed by atoms with Crippen LogP contribution in [0.5, 0.6) is 0 Å². The van der Waals surface area contributed by atoms with E-state index in [1.165, 1.54) is 0 Å². The lowest BCUT2D eigenvalue weighted by Gasteiger charge is -2.72. The van der Waals surface area contributed by atoms with Gasteiger partial charge in [0.2, 0.25) is 0 Å². The minimum atomic E-state index is -0.572. The van der Waals surface area contributed by atoms with Gasteiger partial charge in [-0.25, -0.2) is 0 Å². The number of allylic oxidation sites excluding steroid dienone is 2. The predicted molar refractivity (Wildman–Crippen MR) is 147 cm³/mol. The molecule has 206 valence electrons. The molecule has 0 radical (unpaired) electrons. The number of Topliss-reactive ketones (excluding diaryl/α,β-unsaturated/α-hetero) is 1. The van der Waals surface area contributed by atoms with Crippen LogP contribution in [-0.2, 0) is 4.79 Å². The fraction of sp³-hybridized carbons (Fsp3) is 0.875. The van der Waals surface area contributed by atoms with Crippen LogP contribution in [0.4, 0.5) is 0 Å². The van der Waals surface area contributed by atoms with Gasteiger partial charge in [0, 0.05) is 29.0 Å². The Kier molecular flexibility index (Phi) is 6.12. The lowest BCUT2D eigenvalue weighted by atomic mass is 9.31. The number of nitrogens with zero attached hydrogens (tertiary/aromatic N) is 1. The molecule has 0 spiro atoms. The number of hydrogen-bond donors (Lipinski definition) is 2. The molecule has 4 nitrogen and oxygen atoms in total. The number of carbonyl (C=O) groups is 1. The van der Waals surface area contributed by atoms with Crippen molar-refractivity contribution in [2.75, 3.05) is 5.88 Å². The second kappa shape index (κ2) is 8.23. The Balaban J connectivity index is 1.62. The molecule has 5 rings (SSSR count). The van der Waals surface area contributed by atoms with E-state index in [-0.39, 0.29) is 62.4 Å². The van der Waals surface area contributed by atoms with E-state index in [0.717, 1.165) is 44.9 Å². The Morgan fingerprint density at radius 3 is 2.27 bits per heavy atom. The summed E-state index contributed by atoms with van der Waals surface area (Å²) in [6, 6.07) is 2.33. The van der Waals surface area contributed by atoms with E-state index in [2.05, 4.69) is 54.5 Å². The van der Waals surface area contributed by atoms with Gasteiger partial charge in [-0.2, -0.15) is 5.26 Å². The quantitative estimate of drug-likeness (QED) is 0.361. The van der Waals surface area contributed by atoms with E-state index in [0.29, 0.717) is 24.2 Å². The van der Waals surface area contributed by atoms with Crippen LogP contribution in [0.1, 0.15) is 106 Å². The molecule has 0 aromatic carbocycles. The summed E-state index contributed by atoms with van der Waals surface area (Å²) in [4.78, 5) is 14.5. The zero-order valence-electron chi connectivity index (χ0n) is 24.1. The van der Waals surface area contributed by atoms with Gasteiger partial charge in [-0.3, -0.25) is 4.79 Å². The maximum atomic E-state index is 14.5. The van der Waals surface area contributed by atoms with Crippen molar-refractivity contribution in [3.05, 3.63) is 11.3 Å². The van der Waals surface area contributed by atoms with E-state index in [1.54, 1.807) is 0 Å². The average molecular weight is 530 g/mol. The molecule has 2 N–H and O–H groups in total. The van der Waals surface area contributed by atoms with Crippen LogP contribution in [0.2, 0.25) is 0 Å². The fourth-order valence-electron chi connectivity index (χ4n) is 11.4. The SMILES string of the molecule is CC1(C)CC[C@]2(C(O)CCl)CC[C@]3(C)C(C(=O)C[C@@H]4C5(C)CC(C#N)=C(O)C(C)(C)[C@@H]5CC[C@]43C)C2C1. The number of hydrogen-bond acceptors (Lipinski definition) is 4. The molecule has 5 heteroatoms. The number of halogens is 1. The van der Waals surface area contributed by atoms with E-state index in [9.17, 15) is 20.3 Å². The number of alkyl halides is 1. The molecule has 0 bridgehead atoms. The molecule has 0 aliphatic heterocycles. The molecule has 37 heavy (non-hydrogen) atoms. The number of aliphatic hydroxyl groups is 2. The first-order valence-corrected chi connectivity index (χ1v) is 15.2. The highest BCUT2D eigenvalue weighted by Gasteiger charge is 2.72. The second-order valence-corrected chi connectivity index (χ2v) is 16.2. The summed E-state index contributed by atoms with van der Waals surface area (Å²) in [5, 5.41) is 32.3. The van der Waals surface area contributed by atoms with Crippen molar-refractivity contribution in [3.63, 3.8) is 0 Å². The van der Waals surface area contributed by atoms with E-state index >= 15 is 0 Å². The second-order valence-electron chi connectivity index (χ2n) is 15.8. The topological polar surface area (TPSA) is 81.3 Å². The van der Waals surface area contributed by atoms with Gasteiger partial charge in [0.15, 0.2) is 0 Å². The third-order valence-electron chi connectivity index (χ3n) is 13.6. The molecule has 0 amide bonds. The summed E-state index contributed by atoms with van der Waals surface area (Å²) in [6.07, 6.45) is 7.43. The first kappa shape index (κ1) is 27.5. The van der Waals surface area contributed by atoms with Crippen LogP contribution < -0.4 is 0 Å². The first-order chi connectivity index (χ1) is 17.0. The van der Waals surface area contributed by atoms with Crippen LogP contribution in [0.15, 0.2) is 11.3 Å². The Hall–Kier alpha value is -1.05. The lowest BCUT2D eigenvalue weighted by Crippen LogP contribution is -2.69. The van der Waals surface area contributed by atoms with E-state index in [4.69, 9.17) is 11.6 Å². The Bertz CT molecular complexity index is 1070. The summed E-state index contributed by atoms with van der Waals surface area (Å²) in [5.74, 6) is 1.36. The fourth-order valence-corrected chi connectivity index (χ4v) is 11.7. The maximum Gasteiger partial charge on any atom is 0.137 e. The summed E-state index contributed by atoms with van der Waals surface area (Å²) in [5.41, 5.74) is -0.495. The van der Waals surface area contributed by atoms with Gasteiger partial charge in [0.05, 0.1) is 17.7 Å². The van der Waals surface area contributed by atoms with E-state index in [1.807, 2.05) is 0 Å². The van der Waals surface area contributed by atoms with Crippen molar-refractivity contribution in [2.45, 2.75) is 112 Å². The molecule has 5 aliphatic carbocycles. The molecule has 4 unspecified atom stereocenters. The molecular weight excluding hydrogens is 482 g/mol. The number of aliphatic hydroxyl groups excluding tert-OH is 2. The number of carbonyl (C=O) groups excluding carboxylic acids is 1. The van der Waals surface area contributed by atoms with Gasteiger partial charge in [0.25, 0.3) is 0 Å². The van der Waals surface area contributed by atoms with Gasteiger partial charge in [-0.15, -0.1) is 11.6 Å². The Labute approximate surface area is 229 Å². The molecular formula is C32H48ClNO3. The molecule has 0 aromatic heterocycles. The summed E-state index contributed by atoms with van der Waals surface area (Å²) in [7, 11) is 0. The van der Waals surface area contributed by atoms with Gasteiger partial charge < -0.3 is 10.2 Å². The van der Waals surface area contributed by atoms with Crippen LogP contribution in [0.25, 0.3) is 0 Å². The largest absolute Gasteiger partial charge is 0.511 e. The van der Waals surface area contributed by atoms with Crippen LogP contribution in [-0.4, -0.2) is 28.0 Å². The van der Waals surface area contributed by atoms with Crippen LogP contribution in [0.3, 0.4) is 0 Å². The third kappa shape index (κ3) is 3.38. The van der Waals surface area contributed by atoms with Crippen LogP contribution in [0, 0.1) is 67.5 Å². The number of rotatable bonds is 2. The number of nitriles is 1. The zero-order valence-corrected chi connectivity index (χ0v) is 24.8. The van der Waals surface area contributed by atoms with Crippen molar-refractivity contribution in [2.24, 2.45) is 56.2 Å².